The molecule has 1 atom stereocenters. The van der Waals surface area contributed by atoms with Crippen LogP contribution in [0.4, 0.5) is 0 Å². The van der Waals surface area contributed by atoms with Gasteiger partial charge in [-0.1, -0.05) is 40.2 Å². The fraction of sp³-hybridized carbons (Fsp3) is 0.500. The Morgan fingerprint density at radius 2 is 2.24 bits per heavy atom. The van der Waals surface area contributed by atoms with Gasteiger partial charge in [-0.3, -0.25) is 4.79 Å². The van der Waals surface area contributed by atoms with Gasteiger partial charge < -0.3 is 4.90 Å². The molecule has 0 radical (unpaired) electrons. The summed E-state index contributed by atoms with van der Waals surface area (Å²) < 4.78 is 0. The van der Waals surface area contributed by atoms with Crippen LogP contribution in [0.15, 0.2) is 24.3 Å². The Balaban J connectivity index is 2.02. The summed E-state index contributed by atoms with van der Waals surface area (Å²) >= 11 is 3.41. The Hall–Kier alpha value is -0.830. The molecule has 0 heterocycles. The van der Waals surface area contributed by atoms with Crippen LogP contribution < -0.4 is 0 Å². The molecule has 2 rings (SSSR count). The van der Waals surface area contributed by atoms with Crippen LogP contribution in [0.2, 0.25) is 0 Å². The van der Waals surface area contributed by atoms with Crippen LogP contribution >= 0.6 is 15.9 Å². The van der Waals surface area contributed by atoms with Gasteiger partial charge in [-0.2, -0.15) is 0 Å². The van der Waals surface area contributed by atoms with Gasteiger partial charge >= 0.3 is 0 Å². The van der Waals surface area contributed by atoms with Gasteiger partial charge in [-0.05, 0) is 30.9 Å². The van der Waals surface area contributed by atoms with Crippen molar-refractivity contribution < 1.29 is 4.79 Å². The predicted molar refractivity (Wildman–Crippen MR) is 73.6 cm³/mol. The van der Waals surface area contributed by atoms with Crippen molar-refractivity contribution in [3.63, 3.8) is 0 Å². The standard InChI is InChI=1S/C14H18BrNO/c1-2-16(9-5-8-15)14(17)13-10-11-6-3-4-7-12(11)13/h3-4,6-7,13H,2,5,8-10H2,1H3. The molecule has 0 aromatic heterocycles. The molecule has 3 heteroatoms. The van der Waals surface area contributed by atoms with Crippen LogP contribution in [0.5, 0.6) is 0 Å². The summed E-state index contributed by atoms with van der Waals surface area (Å²) in [5.74, 6) is 0.411. The maximum Gasteiger partial charge on any atom is 0.230 e. The molecule has 0 spiro atoms. The fourth-order valence-corrected chi connectivity index (χ4v) is 2.63. The molecule has 1 unspecified atom stereocenters. The van der Waals surface area contributed by atoms with E-state index < -0.39 is 0 Å². The third-order valence-electron chi connectivity index (χ3n) is 3.41. The Morgan fingerprint density at radius 1 is 1.47 bits per heavy atom. The number of carbonyl (C=O) groups is 1. The van der Waals surface area contributed by atoms with Gasteiger partial charge in [0.05, 0.1) is 5.92 Å². The summed E-state index contributed by atoms with van der Waals surface area (Å²) in [5.41, 5.74) is 2.57. The number of nitrogens with zero attached hydrogens (tertiary/aromatic N) is 1. The van der Waals surface area contributed by atoms with Crippen LogP contribution in [0, 0.1) is 0 Å². The monoisotopic (exact) mass is 295 g/mol. The molecule has 1 aromatic rings. The third-order valence-corrected chi connectivity index (χ3v) is 3.97. The van der Waals surface area contributed by atoms with Crippen LogP contribution in [-0.2, 0) is 11.2 Å². The first-order valence-electron chi connectivity index (χ1n) is 6.20. The fourth-order valence-electron chi connectivity index (χ4n) is 2.37. The highest BCUT2D eigenvalue weighted by Gasteiger charge is 2.33. The van der Waals surface area contributed by atoms with Crippen LogP contribution in [-0.4, -0.2) is 29.2 Å². The average molecular weight is 296 g/mol. The average Bonchev–Trinajstić information content (AvgIpc) is 2.32. The lowest BCUT2D eigenvalue weighted by Gasteiger charge is -2.33. The minimum absolute atomic E-state index is 0.112. The first kappa shape index (κ1) is 12.6. The summed E-state index contributed by atoms with van der Waals surface area (Å²) in [6.45, 7) is 3.72. The van der Waals surface area contributed by atoms with Crippen molar-refractivity contribution in [3.05, 3.63) is 35.4 Å². The number of hydrogen-bond acceptors (Lipinski definition) is 1. The summed E-state index contributed by atoms with van der Waals surface area (Å²) in [7, 11) is 0. The predicted octanol–water partition coefficient (Wildman–Crippen LogP) is 2.96. The molecule has 1 aromatic carbocycles. The van der Waals surface area contributed by atoms with Crippen molar-refractivity contribution in [3.8, 4) is 0 Å². The lowest BCUT2D eigenvalue weighted by atomic mass is 9.77. The first-order chi connectivity index (χ1) is 8.27. The number of carbonyl (C=O) groups excluding carboxylic acids is 1. The lowest BCUT2D eigenvalue weighted by molar-refractivity contribution is -0.133. The van der Waals surface area contributed by atoms with E-state index in [0.717, 1.165) is 31.3 Å². The molecule has 0 saturated carbocycles. The highest BCUT2D eigenvalue weighted by atomic mass is 79.9. The van der Waals surface area contributed by atoms with Crippen molar-refractivity contribution >= 4 is 21.8 Å². The normalized spacial score (nSPS) is 17.2. The summed E-state index contributed by atoms with van der Waals surface area (Å²) in [4.78, 5) is 14.3. The van der Waals surface area contributed by atoms with Gasteiger partial charge in [-0.25, -0.2) is 0 Å². The zero-order valence-electron chi connectivity index (χ0n) is 10.2. The van der Waals surface area contributed by atoms with Crippen LogP contribution in [0.1, 0.15) is 30.4 Å². The number of amides is 1. The Kier molecular flexibility index (Phi) is 4.21. The van der Waals surface area contributed by atoms with Gasteiger partial charge in [-0.15, -0.1) is 0 Å². The van der Waals surface area contributed by atoms with Crippen molar-refractivity contribution in [1.29, 1.82) is 0 Å². The first-order valence-corrected chi connectivity index (χ1v) is 7.32. The van der Waals surface area contributed by atoms with Crippen molar-refractivity contribution in [1.82, 2.24) is 4.90 Å². The van der Waals surface area contributed by atoms with E-state index >= 15 is 0 Å². The largest absolute Gasteiger partial charge is 0.342 e. The molecule has 17 heavy (non-hydrogen) atoms. The Labute approximate surface area is 111 Å². The van der Waals surface area contributed by atoms with E-state index in [4.69, 9.17) is 0 Å². The molecular weight excluding hydrogens is 278 g/mol. The maximum absolute atomic E-state index is 12.3. The zero-order valence-corrected chi connectivity index (χ0v) is 11.7. The lowest BCUT2D eigenvalue weighted by Crippen LogP contribution is -2.39. The van der Waals surface area contributed by atoms with Crippen LogP contribution in [0.3, 0.4) is 0 Å². The van der Waals surface area contributed by atoms with Gasteiger partial charge in [0, 0.05) is 18.4 Å². The number of fused-ring (bicyclic) bond motifs is 1. The second kappa shape index (κ2) is 5.67. The number of alkyl halides is 1. The van der Waals surface area contributed by atoms with Crippen molar-refractivity contribution in [2.75, 3.05) is 18.4 Å². The number of halogens is 1. The number of rotatable bonds is 5. The van der Waals surface area contributed by atoms with E-state index in [2.05, 4.69) is 35.0 Å². The number of likely N-dealkylation sites (N-methyl/N-ethyl adjacent to an activating group) is 1. The topological polar surface area (TPSA) is 20.3 Å². The molecule has 0 aliphatic heterocycles. The molecule has 1 aliphatic carbocycles. The van der Waals surface area contributed by atoms with Gasteiger partial charge in [0.1, 0.15) is 0 Å². The molecule has 1 aliphatic rings. The van der Waals surface area contributed by atoms with Crippen molar-refractivity contribution in [2.24, 2.45) is 0 Å². The highest BCUT2D eigenvalue weighted by molar-refractivity contribution is 9.09. The second-order valence-corrected chi connectivity index (χ2v) is 5.21. The molecule has 92 valence electrons. The molecule has 0 saturated heterocycles. The third kappa shape index (κ3) is 2.54. The van der Waals surface area contributed by atoms with E-state index in [0.29, 0.717) is 5.91 Å². The molecule has 0 fully saturated rings. The minimum Gasteiger partial charge on any atom is -0.342 e. The SMILES string of the molecule is CCN(CCCBr)C(=O)C1Cc2ccccc21. The van der Waals surface area contributed by atoms with Crippen molar-refractivity contribution in [2.45, 2.75) is 25.7 Å². The smallest absolute Gasteiger partial charge is 0.230 e. The second-order valence-electron chi connectivity index (χ2n) is 4.42. The molecular formula is C14H18BrNO. The van der Waals surface area contributed by atoms with E-state index in [1.807, 2.05) is 17.0 Å². The Bertz CT molecular complexity index is 405. The molecule has 2 nitrogen and oxygen atoms in total. The van der Waals surface area contributed by atoms with E-state index in [9.17, 15) is 4.79 Å². The van der Waals surface area contributed by atoms with E-state index in [-0.39, 0.29) is 5.92 Å². The summed E-state index contributed by atoms with van der Waals surface area (Å²) in [6.07, 6.45) is 1.94. The zero-order chi connectivity index (χ0) is 12.3. The quantitative estimate of drug-likeness (QED) is 0.765. The summed E-state index contributed by atoms with van der Waals surface area (Å²) in [5, 5.41) is 0.956. The van der Waals surface area contributed by atoms with Gasteiger partial charge in [0.15, 0.2) is 0 Å². The van der Waals surface area contributed by atoms with Crippen LogP contribution in [0.25, 0.3) is 0 Å². The minimum atomic E-state index is 0.112. The van der Waals surface area contributed by atoms with Gasteiger partial charge in [0.2, 0.25) is 5.91 Å². The number of benzene rings is 1. The number of hydrogen-bond donors (Lipinski definition) is 0. The van der Waals surface area contributed by atoms with E-state index in [1.165, 1.54) is 11.1 Å². The summed E-state index contributed by atoms with van der Waals surface area (Å²) in [6, 6.07) is 8.27. The molecule has 0 bridgehead atoms. The highest BCUT2D eigenvalue weighted by Crippen LogP contribution is 2.36. The molecule has 1 amide bonds. The Morgan fingerprint density at radius 3 is 2.88 bits per heavy atom. The maximum atomic E-state index is 12.3. The van der Waals surface area contributed by atoms with Gasteiger partial charge in [0.25, 0.3) is 0 Å². The molecule has 0 N–H and O–H groups in total. The van der Waals surface area contributed by atoms with E-state index in [1.54, 1.807) is 0 Å².